The van der Waals surface area contributed by atoms with Crippen molar-refractivity contribution in [2.24, 2.45) is 0 Å². The Hall–Kier alpha value is -0.880. The van der Waals surface area contributed by atoms with Gasteiger partial charge in [-0.25, -0.2) is 8.42 Å². The van der Waals surface area contributed by atoms with Gasteiger partial charge in [-0.1, -0.05) is 26.7 Å². The lowest BCUT2D eigenvalue weighted by atomic mass is 10.3. The molecule has 0 saturated heterocycles. The van der Waals surface area contributed by atoms with Crippen LogP contribution in [0, 0.1) is 6.92 Å². The Morgan fingerprint density at radius 1 is 1.19 bits per heavy atom. The summed E-state index contributed by atoms with van der Waals surface area (Å²) in [6.45, 7) is 11.1. The summed E-state index contributed by atoms with van der Waals surface area (Å²) >= 11 is 0. The average Bonchev–Trinajstić information content (AvgIpc) is 2.81. The van der Waals surface area contributed by atoms with E-state index in [9.17, 15) is 8.42 Å². The number of hydrogen-bond acceptors (Lipinski definition) is 3. The molecule has 6 heteroatoms. The summed E-state index contributed by atoms with van der Waals surface area (Å²) in [7, 11) is -3.44. The first-order valence-electron chi connectivity index (χ1n) is 7.90. The van der Waals surface area contributed by atoms with Crippen LogP contribution in [0.2, 0.25) is 0 Å². The summed E-state index contributed by atoms with van der Waals surface area (Å²) in [4.78, 5) is 0.350. The normalized spacial score (nSPS) is 12.5. The number of aromatic nitrogens is 2. The Morgan fingerprint density at radius 3 is 2.10 bits per heavy atom. The lowest BCUT2D eigenvalue weighted by Gasteiger charge is -2.21. The Balaban J connectivity index is 3.09. The van der Waals surface area contributed by atoms with Gasteiger partial charge in [0, 0.05) is 25.3 Å². The van der Waals surface area contributed by atoms with Crippen molar-refractivity contribution in [3.05, 3.63) is 11.9 Å². The fourth-order valence-electron chi connectivity index (χ4n) is 2.14. The molecule has 0 amide bonds. The van der Waals surface area contributed by atoms with E-state index >= 15 is 0 Å². The highest BCUT2D eigenvalue weighted by molar-refractivity contribution is 7.89. The molecule has 1 rings (SSSR count). The van der Waals surface area contributed by atoms with E-state index in [1.165, 1.54) is 0 Å². The zero-order chi connectivity index (χ0) is 16.0. The van der Waals surface area contributed by atoms with E-state index in [0.717, 1.165) is 25.7 Å². The van der Waals surface area contributed by atoms with Gasteiger partial charge in [0.15, 0.2) is 0 Å². The molecule has 21 heavy (non-hydrogen) atoms. The van der Waals surface area contributed by atoms with Gasteiger partial charge >= 0.3 is 0 Å². The molecular formula is C15H29N3O2S. The Kier molecular flexibility index (Phi) is 6.87. The smallest absolute Gasteiger partial charge is 0.246 e. The highest BCUT2D eigenvalue weighted by Gasteiger charge is 2.27. The number of aryl methyl sites for hydroxylation is 1. The van der Waals surface area contributed by atoms with Gasteiger partial charge in [-0.3, -0.25) is 4.68 Å². The number of unbranched alkanes of at least 4 members (excludes halogenated alkanes) is 2. The predicted octanol–water partition coefficient (Wildman–Crippen LogP) is 3.36. The van der Waals surface area contributed by atoms with Crippen LogP contribution in [0.25, 0.3) is 0 Å². The molecule has 0 N–H and O–H groups in total. The van der Waals surface area contributed by atoms with Crippen LogP contribution < -0.4 is 0 Å². The summed E-state index contributed by atoms with van der Waals surface area (Å²) in [6.07, 6.45) is 5.42. The van der Waals surface area contributed by atoms with Crippen LogP contribution in [0.15, 0.2) is 11.1 Å². The third-order valence-electron chi connectivity index (χ3n) is 3.54. The molecule has 0 saturated carbocycles. The van der Waals surface area contributed by atoms with Crippen molar-refractivity contribution in [3.63, 3.8) is 0 Å². The van der Waals surface area contributed by atoms with E-state index in [2.05, 4.69) is 18.9 Å². The minimum atomic E-state index is -3.44. The molecule has 0 aliphatic heterocycles. The number of hydrogen-bond donors (Lipinski definition) is 0. The van der Waals surface area contributed by atoms with E-state index in [1.807, 2.05) is 13.8 Å². The van der Waals surface area contributed by atoms with Crippen molar-refractivity contribution in [2.45, 2.75) is 71.2 Å². The standard InChI is InChI=1S/C15H29N3O2S/c1-6-8-10-17(11-9-7-2)21(19,20)15-12-18(13(3)4)16-14(15)5/h12-13H,6-11H2,1-5H3. The molecule has 122 valence electrons. The van der Waals surface area contributed by atoms with Crippen LogP contribution in [0.4, 0.5) is 0 Å². The summed E-state index contributed by atoms with van der Waals surface area (Å²) in [5.41, 5.74) is 0.585. The van der Waals surface area contributed by atoms with Crippen molar-refractivity contribution in [3.8, 4) is 0 Å². The van der Waals surface area contributed by atoms with Gasteiger partial charge in [0.1, 0.15) is 4.90 Å². The van der Waals surface area contributed by atoms with Gasteiger partial charge in [0.25, 0.3) is 0 Å². The summed E-state index contributed by atoms with van der Waals surface area (Å²) in [5.74, 6) is 0. The molecule has 0 bridgehead atoms. The maximum atomic E-state index is 12.9. The lowest BCUT2D eigenvalue weighted by molar-refractivity contribution is 0.395. The van der Waals surface area contributed by atoms with Gasteiger partial charge in [0.05, 0.1) is 5.69 Å². The van der Waals surface area contributed by atoms with Gasteiger partial charge in [-0.05, 0) is 33.6 Å². The third-order valence-corrected chi connectivity index (χ3v) is 5.54. The minimum absolute atomic E-state index is 0.160. The van der Waals surface area contributed by atoms with Gasteiger partial charge in [-0.2, -0.15) is 9.40 Å². The molecule has 0 spiro atoms. The zero-order valence-electron chi connectivity index (χ0n) is 14.0. The molecule has 0 radical (unpaired) electrons. The fraction of sp³-hybridized carbons (Fsp3) is 0.800. The fourth-order valence-corrected chi connectivity index (χ4v) is 3.82. The number of nitrogens with zero attached hydrogens (tertiary/aromatic N) is 3. The topological polar surface area (TPSA) is 55.2 Å². The van der Waals surface area contributed by atoms with E-state index in [1.54, 1.807) is 22.1 Å². The second-order valence-corrected chi connectivity index (χ2v) is 7.67. The predicted molar refractivity (Wildman–Crippen MR) is 85.9 cm³/mol. The molecule has 0 atom stereocenters. The summed E-state index contributed by atoms with van der Waals surface area (Å²) in [6, 6.07) is 0.160. The van der Waals surface area contributed by atoms with Crippen LogP contribution in [-0.4, -0.2) is 35.6 Å². The first kappa shape index (κ1) is 18.2. The molecule has 1 aromatic rings. The molecule has 0 aliphatic carbocycles. The van der Waals surface area contributed by atoms with Crippen molar-refractivity contribution in [1.82, 2.24) is 14.1 Å². The van der Waals surface area contributed by atoms with Crippen LogP contribution in [0.5, 0.6) is 0 Å². The van der Waals surface area contributed by atoms with Crippen LogP contribution in [-0.2, 0) is 10.0 Å². The van der Waals surface area contributed by atoms with E-state index in [-0.39, 0.29) is 6.04 Å². The largest absolute Gasteiger partial charge is 0.269 e. The van der Waals surface area contributed by atoms with Gasteiger partial charge in [0.2, 0.25) is 10.0 Å². The van der Waals surface area contributed by atoms with E-state index in [0.29, 0.717) is 23.7 Å². The molecule has 0 aromatic carbocycles. The molecule has 0 aliphatic rings. The molecule has 0 unspecified atom stereocenters. The van der Waals surface area contributed by atoms with Crippen molar-refractivity contribution < 1.29 is 8.42 Å². The average molecular weight is 315 g/mol. The summed E-state index contributed by atoms with van der Waals surface area (Å²) in [5, 5.41) is 4.33. The Bertz CT molecular complexity index is 527. The number of sulfonamides is 1. The number of rotatable bonds is 9. The zero-order valence-corrected chi connectivity index (χ0v) is 14.8. The van der Waals surface area contributed by atoms with Crippen LogP contribution >= 0.6 is 0 Å². The van der Waals surface area contributed by atoms with Crippen molar-refractivity contribution in [1.29, 1.82) is 0 Å². The lowest BCUT2D eigenvalue weighted by Crippen LogP contribution is -2.33. The maximum absolute atomic E-state index is 12.9. The summed E-state index contributed by atoms with van der Waals surface area (Å²) < 4.78 is 29.1. The maximum Gasteiger partial charge on any atom is 0.246 e. The highest BCUT2D eigenvalue weighted by Crippen LogP contribution is 2.21. The quantitative estimate of drug-likeness (QED) is 0.702. The van der Waals surface area contributed by atoms with E-state index < -0.39 is 10.0 Å². The molecule has 0 fully saturated rings. The van der Waals surface area contributed by atoms with Crippen LogP contribution in [0.3, 0.4) is 0 Å². The minimum Gasteiger partial charge on any atom is -0.269 e. The van der Waals surface area contributed by atoms with Crippen molar-refractivity contribution in [2.75, 3.05) is 13.1 Å². The van der Waals surface area contributed by atoms with Gasteiger partial charge in [-0.15, -0.1) is 0 Å². The Morgan fingerprint density at radius 2 is 1.71 bits per heavy atom. The monoisotopic (exact) mass is 315 g/mol. The molecule has 1 aromatic heterocycles. The third kappa shape index (κ3) is 4.54. The first-order valence-corrected chi connectivity index (χ1v) is 9.34. The molecule has 1 heterocycles. The second-order valence-electron chi connectivity index (χ2n) is 5.76. The molecule has 5 nitrogen and oxygen atoms in total. The SMILES string of the molecule is CCCCN(CCCC)S(=O)(=O)c1cn(C(C)C)nc1C. The van der Waals surface area contributed by atoms with Crippen LogP contribution in [0.1, 0.15) is 65.1 Å². The first-order chi connectivity index (χ1) is 9.84. The van der Waals surface area contributed by atoms with E-state index in [4.69, 9.17) is 0 Å². The molecular weight excluding hydrogens is 286 g/mol. The Labute approximate surface area is 129 Å². The van der Waals surface area contributed by atoms with Crippen molar-refractivity contribution >= 4 is 10.0 Å². The second kappa shape index (κ2) is 7.94. The highest BCUT2D eigenvalue weighted by atomic mass is 32.2. The van der Waals surface area contributed by atoms with Gasteiger partial charge < -0.3 is 0 Å².